The fraction of sp³-hybridized carbons (Fsp3) is 0.500. The maximum absolute atomic E-state index is 5.66. The lowest BCUT2D eigenvalue weighted by Crippen LogP contribution is -2.19. The van der Waals surface area contributed by atoms with E-state index in [0.29, 0.717) is 6.54 Å². The number of nitrogens with zero attached hydrogens (tertiary/aromatic N) is 3. The van der Waals surface area contributed by atoms with Gasteiger partial charge in [-0.15, -0.1) is 0 Å². The summed E-state index contributed by atoms with van der Waals surface area (Å²) in [6, 6.07) is 1.98. The highest BCUT2D eigenvalue weighted by Crippen LogP contribution is 2.21. The monoisotopic (exact) mass is 234 g/mol. The van der Waals surface area contributed by atoms with Gasteiger partial charge in [0.2, 0.25) is 0 Å². The molecule has 1 aliphatic heterocycles. The van der Waals surface area contributed by atoms with Crippen molar-refractivity contribution in [2.75, 3.05) is 6.61 Å². The van der Waals surface area contributed by atoms with Crippen molar-refractivity contribution >= 4 is 6.21 Å². The Morgan fingerprint density at radius 1 is 1.65 bits per heavy atom. The van der Waals surface area contributed by atoms with Crippen molar-refractivity contribution in [3.05, 3.63) is 30.6 Å². The predicted molar refractivity (Wildman–Crippen MR) is 66.6 cm³/mol. The molecule has 1 N–H and O–H groups in total. The summed E-state index contributed by atoms with van der Waals surface area (Å²) in [6.07, 6.45) is 8.72. The number of allylic oxidation sites excluding steroid dienone is 1. The molecule has 0 saturated carbocycles. The van der Waals surface area contributed by atoms with Crippen LogP contribution in [-0.4, -0.2) is 22.6 Å². The Labute approximate surface area is 101 Å². The molecule has 0 aromatic carbocycles. The number of aromatic nitrogens is 2. The number of hydrogen-bond acceptors (Lipinski definition) is 4. The number of nitrogens with one attached hydrogen (secondary N) is 1. The van der Waals surface area contributed by atoms with E-state index in [0.717, 1.165) is 25.1 Å². The van der Waals surface area contributed by atoms with Crippen molar-refractivity contribution in [3.8, 4) is 0 Å². The number of hydrogen-bond donors (Lipinski definition) is 1. The molecule has 0 aliphatic carbocycles. The smallest absolute Gasteiger partial charge is 0.150 e. The van der Waals surface area contributed by atoms with E-state index in [1.165, 1.54) is 6.42 Å². The highest BCUT2D eigenvalue weighted by Gasteiger charge is 2.16. The van der Waals surface area contributed by atoms with Gasteiger partial charge in [-0.1, -0.05) is 6.58 Å². The molecule has 0 spiro atoms. The average Bonchev–Trinajstić information content (AvgIpc) is 2.85. The second-order valence-corrected chi connectivity index (χ2v) is 3.96. The van der Waals surface area contributed by atoms with Crippen LogP contribution in [0.2, 0.25) is 0 Å². The number of rotatable bonds is 5. The van der Waals surface area contributed by atoms with Crippen molar-refractivity contribution in [1.82, 2.24) is 15.2 Å². The van der Waals surface area contributed by atoms with Crippen LogP contribution in [0.15, 0.2) is 30.0 Å². The normalized spacial score (nSPS) is 20.6. The zero-order valence-electron chi connectivity index (χ0n) is 9.88. The Morgan fingerprint density at radius 2 is 2.59 bits per heavy atom. The van der Waals surface area contributed by atoms with Crippen LogP contribution in [0.3, 0.4) is 0 Å². The SMILES string of the molecule is C=C/C=N\NCc1ccn(C2CCCCO2)n1. The van der Waals surface area contributed by atoms with E-state index in [2.05, 4.69) is 22.2 Å². The van der Waals surface area contributed by atoms with Crippen LogP contribution >= 0.6 is 0 Å². The van der Waals surface area contributed by atoms with Gasteiger partial charge in [-0.05, 0) is 31.4 Å². The van der Waals surface area contributed by atoms with Crippen LogP contribution in [0.4, 0.5) is 0 Å². The summed E-state index contributed by atoms with van der Waals surface area (Å²) in [4.78, 5) is 0. The van der Waals surface area contributed by atoms with E-state index < -0.39 is 0 Å². The second-order valence-electron chi connectivity index (χ2n) is 3.96. The minimum Gasteiger partial charge on any atom is -0.357 e. The van der Waals surface area contributed by atoms with E-state index in [-0.39, 0.29) is 6.23 Å². The second kappa shape index (κ2) is 6.20. The van der Waals surface area contributed by atoms with Crippen molar-refractivity contribution in [3.63, 3.8) is 0 Å². The van der Waals surface area contributed by atoms with Gasteiger partial charge in [0.25, 0.3) is 0 Å². The van der Waals surface area contributed by atoms with Crippen LogP contribution in [0.5, 0.6) is 0 Å². The summed E-state index contributed by atoms with van der Waals surface area (Å²) < 4.78 is 7.55. The van der Waals surface area contributed by atoms with E-state index in [9.17, 15) is 0 Å². The summed E-state index contributed by atoms with van der Waals surface area (Å²) in [5.41, 5.74) is 3.86. The highest BCUT2D eigenvalue weighted by atomic mass is 16.5. The molecule has 0 radical (unpaired) electrons. The molecule has 1 aromatic heterocycles. The summed E-state index contributed by atoms with van der Waals surface area (Å²) in [5, 5.41) is 8.39. The molecule has 5 nitrogen and oxygen atoms in total. The third kappa shape index (κ3) is 3.42. The van der Waals surface area contributed by atoms with Gasteiger partial charge in [0.1, 0.15) is 6.23 Å². The minimum absolute atomic E-state index is 0.106. The molecule has 2 heterocycles. The van der Waals surface area contributed by atoms with Crippen LogP contribution in [0, 0.1) is 0 Å². The van der Waals surface area contributed by atoms with Crippen LogP contribution in [0.25, 0.3) is 0 Å². The topological polar surface area (TPSA) is 51.4 Å². The van der Waals surface area contributed by atoms with Gasteiger partial charge in [0.15, 0.2) is 0 Å². The van der Waals surface area contributed by atoms with Gasteiger partial charge in [0.05, 0.1) is 12.2 Å². The molecule has 1 unspecified atom stereocenters. The molecule has 92 valence electrons. The van der Waals surface area contributed by atoms with Crippen LogP contribution in [-0.2, 0) is 11.3 Å². The zero-order valence-corrected chi connectivity index (χ0v) is 9.88. The van der Waals surface area contributed by atoms with Gasteiger partial charge in [-0.25, -0.2) is 4.68 Å². The number of ether oxygens (including phenoxy) is 1. The summed E-state index contributed by atoms with van der Waals surface area (Å²) in [6.45, 7) is 5.00. The fourth-order valence-corrected chi connectivity index (χ4v) is 1.80. The lowest BCUT2D eigenvalue weighted by molar-refractivity contribution is -0.0396. The zero-order chi connectivity index (χ0) is 11.9. The fourth-order valence-electron chi connectivity index (χ4n) is 1.80. The van der Waals surface area contributed by atoms with Crippen LogP contribution < -0.4 is 5.43 Å². The first kappa shape index (κ1) is 11.9. The van der Waals surface area contributed by atoms with E-state index in [4.69, 9.17) is 4.74 Å². The van der Waals surface area contributed by atoms with Crippen LogP contribution in [0.1, 0.15) is 31.2 Å². The molecular weight excluding hydrogens is 216 g/mol. The maximum atomic E-state index is 5.66. The first-order valence-corrected chi connectivity index (χ1v) is 5.93. The molecule has 1 fully saturated rings. The molecule has 0 amide bonds. The Bertz CT molecular complexity index is 380. The molecule has 1 aromatic rings. The van der Waals surface area contributed by atoms with Gasteiger partial charge < -0.3 is 10.2 Å². The van der Waals surface area contributed by atoms with Crippen molar-refractivity contribution in [1.29, 1.82) is 0 Å². The molecule has 1 atom stereocenters. The molecule has 1 aliphatic rings. The molecule has 1 saturated heterocycles. The highest BCUT2D eigenvalue weighted by molar-refractivity contribution is 5.69. The minimum atomic E-state index is 0.106. The maximum Gasteiger partial charge on any atom is 0.150 e. The van der Waals surface area contributed by atoms with E-state index in [1.807, 2.05) is 16.9 Å². The van der Waals surface area contributed by atoms with Gasteiger partial charge in [-0.3, -0.25) is 0 Å². The van der Waals surface area contributed by atoms with Crippen molar-refractivity contribution in [2.24, 2.45) is 5.10 Å². The van der Waals surface area contributed by atoms with Gasteiger partial charge >= 0.3 is 0 Å². The quantitative estimate of drug-likeness (QED) is 0.624. The molecule has 0 bridgehead atoms. The van der Waals surface area contributed by atoms with Gasteiger partial charge in [-0.2, -0.15) is 10.2 Å². The predicted octanol–water partition coefficient (Wildman–Crippen LogP) is 1.84. The third-order valence-corrected chi connectivity index (χ3v) is 2.65. The lowest BCUT2D eigenvalue weighted by atomic mass is 10.2. The summed E-state index contributed by atoms with van der Waals surface area (Å²) in [7, 11) is 0. The Balaban J connectivity index is 1.86. The molecule has 17 heavy (non-hydrogen) atoms. The molecule has 5 heteroatoms. The number of hydrazone groups is 1. The molecular formula is C12H18N4O. The van der Waals surface area contributed by atoms with E-state index >= 15 is 0 Å². The first-order chi connectivity index (χ1) is 8.40. The standard InChI is InChI=1S/C12H18N4O/c1-2-7-13-14-10-11-6-8-16(15-11)12-5-3-4-9-17-12/h2,6-8,12,14H,1,3-5,9-10H2/b13-7-. The van der Waals surface area contributed by atoms with Crippen molar-refractivity contribution in [2.45, 2.75) is 32.0 Å². The van der Waals surface area contributed by atoms with Crippen molar-refractivity contribution < 1.29 is 4.74 Å². The Kier molecular flexibility index (Phi) is 4.32. The van der Waals surface area contributed by atoms with E-state index in [1.54, 1.807) is 12.3 Å². The summed E-state index contributed by atoms with van der Waals surface area (Å²) >= 11 is 0. The van der Waals surface area contributed by atoms with Gasteiger partial charge in [0, 0.05) is 19.0 Å². The third-order valence-electron chi connectivity index (χ3n) is 2.65. The lowest BCUT2D eigenvalue weighted by Gasteiger charge is -2.22. The Hall–Kier alpha value is -1.62. The molecule has 2 rings (SSSR count). The average molecular weight is 234 g/mol. The first-order valence-electron chi connectivity index (χ1n) is 5.93. The summed E-state index contributed by atoms with van der Waals surface area (Å²) in [5.74, 6) is 0. The largest absolute Gasteiger partial charge is 0.357 e. The Morgan fingerprint density at radius 3 is 3.35 bits per heavy atom.